The van der Waals surface area contributed by atoms with Gasteiger partial charge in [0.05, 0.1) is 10.6 Å². The van der Waals surface area contributed by atoms with E-state index in [2.05, 4.69) is 39.4 Å². The highest BCUT2D eigenvalue weighted by Crippen LogP contribution is 2.46. The van der Waals surface area contributed by atoms with Crippen LogP contribution >= 0.6 is 23.1 Å². The van der Waals surface area contributed by atoms with Crippen molar-refractivity contribution in [3.63, 3.8) is 0 Å². The number of hydrogen-bond donors (Lipinski definition) is 1. The highest BCUT2D eigenvalue weighted by Gasteiger charge is 2.36. The van der Waals surface area contributed by atoms with Gasteiger partial charge in [-0.1, -0.05) is 6.07 Å². The fourth-order valence-electron chi connectivity index (χ4n) is 3.99. The summed E-state index contributed by atoms with van der Waals surface area (Å²) in [6.07, 6.45) is 0.536. The van der Waals surface area contributed by atoms with Crippen molar-refractivity contribution in [2.45, 2.75) is 42.9 Å². The molecule has 1 fully saturated rings. The molecule has 0 saturated heterocycles. The molecule has 1 aliphatic heterocycles. The number of aromatic nitrogens is 2. The number of nitrogens with zero attached hydrogens (tertiary/aromatic N) is 3. The average Bonchev–Trinajstić information content (AvgIpc) is 3.33. The number of nitrogens with one attached hydrogen (secondary N) is 1. The number of hydrogen-bond acceptors (Lipinski definition) is 6. The number of alkyl halides is 3. The Bertz CT molecular complexity index is 1140. The molecule has 1 N–H and O–H groups in total. The van der Waals surface area contributed by atoms with Crippen molar-refractivity contribution < 1.29 is 13.2 Å². The van der Waals surface area contributed by atoms with E-state index in [-0.39, 0.29) is 11.6 Å². The van der Waals surface area contributed by atoms with Crippen molar-refractivity contribution in [3.8, 4) is 10.6 Å². The second-order valence-electron chi connectivity index (χ2n) is 8.08. The minimum absolute atomic E-state index is 0.0795. The Hall–Kier alpha value is -2.10. The predicted octanol–water partition coefficient (Wildman–Crippen LogP) is 6.51. The minimum atomic E-state index is -4.52. The van der Waals surface area contributed by atoms with E-state index in [1.54, 1.807) is 6.07 Å². The van der Waals surface area contributed by atoms with Gasteiger partial charge in [0.2, 0.25) is 5.95 Å². The molecule has 3 heterocycles. The van der Waals surface area contributed by atoms with Gasteiger partial charge in [-0.15, -0.1) is 23.1 Å². The summed E-state index contributed by atoms with van der Waals surface area (Å²) in [6, 6.07) is 6.11. The van der Waals surface area contributed by atoms with Gasteiger partial charge >= 0.3 is 6.18 Å². The van der Waals surface area contributed by atoms with E-state index in [9.17, 15) is 13.2 Å². The van der Waals surface area contributed by atoms with Gasteiger partial charge in [-0.3, -0.25) is 4.90 Å². The third-order valence-electron chi connectivity index (χ3n) is 5.65. The summed E-state index contributed by atoms with van der Waals surface area (Å²) >= 11 is 2.76. The van der Waals surface area contributed by atoms with Crippen molar-refractivity contribution in [3.05, 3.63) is 52.0 Å². The van der Waals surface area contributed by atoms with Gasteiger partial charge in [-0.05, 0) is 60.9 Å². The van der Waals surface area contributed by atoms with Gasteiger partial charge in [-0.2, -0.15) is 13.2 Å². The van der Waals surface area contributed by atoms with Crippen molar-refractivity contribution in [1.82, 2.24) is 14.9 Å². The van der Waals surface area contributed by atoms with E-state index in [0.29, 0.717) is 10.8 Å². The van der Waals surface area contributed by atoms with Gasteiger partial charge in [-0.25, -0.2) is 9.97 Å². The Morgan fingerprint density at radius 2 is 1.90 bits per heavy atom. The zero-order chi connectivity index (χ0) is 21.8. The summed E-state index contributed by atoms with van der Waals surface area (Å²) in [5.41, 5.74) is 3.78. The molecule has 2 aromatic heterocycles. The molecule has 1 aliphatic carbocycles. The molecule has 1 saturated carbocycles. The zero-order valence-corrected chi connectivity index (χ0v) is 18.7. The van der Waals surface area contributed by atoms with E-state index < -0.39 is 11.7 Å². The third kappa shape index (κ3) is 4.18. The molecule has 5 rings (SSSR count). The predicted molar refractivity (Wildman–Crippen MR) is 119 cm³/mol. The molecule has 0 radical (unpaired) electrons. The van der Waals surface area contributed by atoms with Crippen LogP contribution in [0.15, 0.2) is 34.7 Å². The molecule has 162 valence electrons. The number of fused-ring (bicyclic) bond motifs is 1. The molecule has 3 aromatic rings. The Morgan fingerprint density at radius 3 is 2.55 bits per heavy atom. The van der Waals surface area contributed by atoms with Crippen molar-refractivity contribution >= 4 is 34.7 Å². The largest absolute Gasteiger partial charge is 0.420 e. The number of halogens is 3. The lowest BCUT2D eigenvalue weighted by molar-refractivity contribution is -0.137. The van der Waals surface area contributed by atoms with Crippen LogP contribution in [0.1, 0.15) is 41.0 Å². The molecule has 0 amide bonds. The van der Waals surface area contributed by atoms with Crippen LogP contribution in [0.2, 0.25) is 0 Å². The highest BCUT2D eigenvalue weighted by molar-refractivity contribution is 7.98. The summed E-state index contributed by atoms with van der Waals surface area (Å²) in [4.78, 5) is 12.0. The standard InChI is InChI=1S/C22H21F3N4S2/c1-29-9-13-5-16(12-3-4-12)18(6-14(13)10-29)27-21-26-8-17(22(23,24)25)20(28-21)19-7-15(30-2)11-31-19/h5-8,11-12H,3-4,9-10H2,1-2H3,(H,26,27,28). The smallest absolute Gasteiger partial charge is 0.324 e. The zero-order valence-electron chi connectivity index (χ0n) is 17.1. The number of rotatable bonds is 5. The molecule has 9 heteroatoms. The lowest BCUT2D eigenvalue weighted by Crippen LogP contribution is -2.11. The number of thiophene rings is 1. The monoisotopic (exact) mass is 462 g/mol. The van der Waals surface area contributed by atoms with E-state index in [1.807, 2.05) is 11.6 Å². The van der Waals surface area contributed by atoms with Crippen LogP contribution < -0.4 is 5.32 Å². The van der Waals surface area contributed by atoms with Crippen LogP contribution in [0.4, 0.5) is 24.8 Å². The maximum Gasteiger partial charge on any atom is 0.420 e. The fraction of sp³-hybridized carbons (Fsp3) is 0.364. The molecule has 4 nitrogen and oxygen atoms in total. The second-order valence-corrected chi connectivity index (χ2v) is 9.88. The Balaban J connectivity index is 1.55. The van der Waals surface area contributed by atoms with Crippen LogP contribution in [0.5, 0.6) is 0 Å². The number of benzene rings is 1. The van der Waals surface area contributed by atoms with E-state index in [1.165, 1.54) is 39.8 Å². The second kappa shape index (κ2) is 7.79. The Kier molecular flexibility index (Phi) is 5.22. The molecule has 0 spiro atoms. The maximum atomic E-state index is 13.6. The first-order valence-electron chi connectivity index (χ1n) is 10.00. The van der Waals surface area contributed by atoms with Crippen molar-refractivity contribution in [2.24, 2.45) is 0 Å². The molecule has 31 heavy (non-hydrogen) atoms. The Labute approximate surface area is 186 Å². The molecule has 1 aromatic carbocycles. The van der Waals surface area contributed by atoms with Gasteiger partial charge in [0.15, 0.2) is 0 Å². The van der Waals surface area contributed by atoms with E-state index in [4.69, 9.17) is 0 Å². The molecular weight excluding hydrogens is 441 g/mol. The van der Waals surface area contributed by atoms with Crippen molar-refractivity contribution in [2.75, 3.05) is 18.6 Å². The highest BCUT2D eigenvalue weighted by atomic mass is 32.2. The molecule has 2 aliphatic rings. The summed E-state index contributed by atoms with van der Waals surface area (Å²) in [7, 11) is 2.08. The molecular formula is C22H21F3N4S2. The summed E-state index contributed by atoms with van der Waals surface area (Å²) in [6.45, 7) is 1.78. The van der Waals surface area contributed by atoms with Gasteiger partial charge < -0.3 is 5.32 Å². The normalized spacial score (nSPS) is 16.5. The summed E-state index contributed by atoms with van der Waals surface area (Å²) in [5, 5.41) is 5.08. The van der Waals surface area contributed by atoms with Crippen LogP contribution in [-0.2, 0) is 19.3 Å². The minimum Gasteiger partial charge on any atom is -0.324 e. The van der Waals surface area contributed by atoms with E-state index >= 15 is 0 Å². The quantitative estimate of drug-likeness (QED) is 0.438. The lowest BCUT2D eigenvalue weighted by Gasteiger charge is -2.15. The first-order chi connectivity index (χ1) is 14.8. The van der Waals surface area contributed by atoms with Crippen LogP contribution in [0, 0.1) is 0 Å². The fourth-order valence-corrected chi connectivity index (χ4v) is 5.60. The number of thioether (sulfide) groups is 1. The van der Waals surface area contributed by atoms with E-state index in [0.717, 1.165) is 42.7 Å². The first-order valence-corrected chi connectivity index (χ1v) is 12.1. The first kappa shape index (κ1) is 20.8. The van der Waals surface area contributed by atoms with Gasteiger partial charge in [0, 0.05) is 35.2 Å². The van der Waals surface area contributed by atoms with Gasteiger partial charge in [0.25, 0.3) is 0 Å². The molecule has 0 bridgehead atoms. The van der Waals surface area contributed by atoms with Crippen LogP contribution in [-0.4, -0.2) is 28.2 Å². The van der Waals surface area contributed by atoms with Crippen LogP contribution in [0.25, 0.3) is 10.6 Å². The molecule has 0 atom stereocenters. The number of anilines is 2. The molecule has 0 unspecified atom stereocenters. The average molecular weight is 463 g/mol. The summed E-state index contributed by atoms with van der Waals surface area (Å²) < 4.78 is 40.9. The van der Waals surface area contributed by atoms with Gasteiger partial charge in [0.1, 0.15) is 5.56 Å². The lowest BCUT2D eigenvalue weighted by atomic mass is 10.0. The van der Waals surface area contributed by atoms with Crippen LogP contribution in [0.3, 0.4) is 0 Å². The maximum absolute atomic E-state index is 13.6. The Morgan fingerprint density at radius 1 is 1.16 bits per heavy atom. The summed E-state index contributed by atoms with van der Waals surface area (Å²) in [5.74, 6) is 0.685. The third-order valence-corrected chi connectivity index (χ3v) is 7.45. The topological polar surface area (TPSA) is 41.1 Å². The van der Waals surface area contributed by atoms with Crippen molar-refractivity contribution in [1.29, 1.82) is 0 Å². The SMILES string of the molecule is CSc1csc(-c2nc(Nc3cc4c(cc3C3CC3)CN(C)C4)ncc2C(F)(F)F)c1.